The first-order valence-corrected chi connectivity index (χ1v) is 15.5. The molecule has 0 unspecified atom stereocenters. The molecular weight excluding hydrogens is 593 g/mol. The van der Waals surface area contributed by atoms with Gasteiger partial charge < -0.3 is 4.42 Å². The summed E-state index contributed by atoms with van der Waals surface area (Å²) < 4.78 is 160. The van der Waals surface area contributed by atoms with Gasteiger partial charge in [-0.05, 0) is 95.0 Å². The Labute approximate surface area is 308 Å². The summed E-state index contributed by atoms with van der Waals surface area (Å²) in [6, 6.07) is 12.5. The van der Waals surface area contributed by atoms with Gasteiger partial charge in [-0.15, -0.1) is 0 Å². The largest absolute Gasteiger partial charge is 0.456 e. The van der Waals surface area contributed by atoms with Crippen LogP contribution in [-0.4, -0.2) is 0 Å². The second kappa shape index (κ2) is 11.1. The second-order valence-corrected chi connectivity index (χ2v) is 11.5. The van der Waals surface area contributed by atoms with Gasteiger partial charge in [-0.2, -0.15) is 0 Å². The number of hydrogen-bond acceptors (Lipinski definition) is 1. The smallest absolute Gasteiger partial charge is 0.136 e. The number of fused-ring (bicyclic) bond motifs is 6. The van der Waals surface area contributed by atoms with Gasteiger partial charge in [0.15, 0.2) is 0 Å². The van der Waals surface area contributed by atoms with Crippen LogP contribution in [0.5, 0.6) is 0 Å². The number of furan rings is 1. The lowest BCUT2D eigenvalue weighted by Crippen LogP contribution is -1.92. The first kappa shape index (κ1) is 15.6. The summed E-state index contributed by atoms with van der Waals surface area (Å²) in [5, 5.41) is 1.47. The van der Waals surface area contributed by atoms with Gasteiger partial charge in [0, 0.05) is 10.8 Å². The minimum atomic E-state index is -0.771. The van der Waals surface area contributed by atoms with Crippen molar-refractivity contribution in [2.45, 2.75) is 0 Å². The molecule has 0 bridgehead atoms. The van der Waals surface area contributed by atoms with Crippen molar-refractivity contribution in [2.24, 2.45) is 0 Å². The molecule has 228 valence electrons. The zero-order valence-electron chi connectivity index (χ0n) is 42.4. The van der Waals surface area contributed by atoms with Gasteiger partial charge in [0.25, 0.3) is 0 Å². The molecule has 0 amide bonds. The lowest BCUT2D eigenvalue weighted by Gasteiger charge is -2.19. The summed E-state index contributed by atoms with van der Waals surface area (Å²) in [6.07, 6.45) is 0. The van der Waals surface area contributed by atoms with Gasteiger partial charge in [-0.25, -0.2) is 0 Å². The monoisotopic (exact) mass is 639 g/mol. The summed E-state index contributed by atoms with van der Waals surface area (Å²) in [7, 11) is 0. The van der Waals surface area contributed by atoms with Crippen LogP contribution in [0.2, 0.25) is 0 Å². The SMILES string of the molecule is [2H]c1c([2H])c([2H])c(-c2c([2H])c([2H])c([2H])c3oc4c([2H])c([2H])c(-c5c([2H])c([2H])c(-c6c7ccccc7c(-c7ccccc7)c7ccccc67)c6c([2H])c([2H])c([2H])c([2H])c56)c([2H])c4c23)c([2H])c1[2H]. The van der Waals surface area contributed by atoms with Gasteiger partial charge in [0.2, 0.25) is 0 Å². The van der Waals surface area contributed by atoms with Crippen LogP contribution in [0.4, 0.5) is 0 Å². The highest BCUT2D eigenvalue weighted by Crippen LogP contribution is 2.47. The third kappa shape index (κ3) is 4.33. The fourth-order valence-corrected chi connectivity index (χ4v) is 6.77. The summed E-state index contributed by atoms with van der Waals surface area (Å²) >= 11 is 0. The summed E-state index contributed by atoms with van der Waals surface area (Å²) in [6.45, 7) is 0. The maximum Gasteiger partial charge on any atom is 0.136 e. The fourth-order valence-electron chi connectivity index (χ4n) is 6.77. The Hall–Kier alpha value is -6.44. The number of hydrogen-bond donors (Lipinski definition) is 0. The normalized spacial score (nSPS) is 16.5. The summed E-state index contributed by atoms with van der Waals surface area (Å²) in [5.74, 6) is 0. The van der Waals surface area contributed by atoms with Crippen LogP contribution >= 0.6 is 0 Å². The van der Waals surface area contributed by atoms with Crippen LogP contribution in [0.3, 0.4) is 0 Å². The molecule has 0 radical (unpaired) electrons. The van der Waals surface area contributed by atoms with E-state index in [2.05, 4.69) is 0 Å². The minimum Gasteiger partial charge on any atom is -0.456 e. The molecule has 10 aromatic rings. The lowest BCUT2D eigenvalue weighted by atomic mass is 9.84. The molecule has 0 saturated heterocycles. The van der Waals surface area contributed by atoms with E-state index in [9.17, 15) is 9.60 Å². The molecule has 1 nitrogen and oxygen atoms in total. The van der Waals surface area contributed by atoms with Crippen molar-refractivity contribution in [3.63, 3.8) is 0 Å². The van der Waals surface area contributed by atoms with Crippen LogP contribution in [-0.2, 0) is 0 Å². The minimum absolute atomic E-state index is 0.0131. The predicted molar refractivity (Wildman–Crippen MR) is 208 cm³/mol. The Morgan fingerprint density at radius 3 is 1.67 bits per heavy atom. The summed E-state index contributed by atoms with van der Waals surface area (Å²) in [5.41, 5.74) is -0.851. The predicted octanol–water partition coefficient (Wildman–Crippen LogP) is 13.7. The average Bonchev–Trinajstić information content (AvgIpc) is 3.73. The third-order valence-electron chi connectivity index (χ3n) is 8.82. The maximum absolute atomic E-state index is 9.86. The van der Waals surface area contributed by atoms with Crippen molar-refractivity contribution in [2.75, 3.05) is 0 Å². The van der Waals surface area contributed by atoms with Crippen molar-refractivity contribution in [3.8, 4) is 44.5 Å². The van der Waals surface area contributed by atoms with Crippen LogP contribution < -0.4 is 0 Å². The first-order valence-electron chi connectivity index (χ1n) is 24.0. The highest BCUT2D eigenvalue weighted by Gasteiger charge is 2.19. The van der Waals surface area contributed by atoms with Crippen molar-refractivity contribution in [1.29, 1.82) is 0 Å². The molecule has 0 spiro atoms. The van der Waals surface area contributed by atoms with Crippen molar-refractivity contribution in [1.82, 2.24) is 0 Å². The zero-order valence-corrected chi connectivity index (χ0v) is 25.4. The van der Waals surface area contributed by atoms with E-state index in [1.54, 1.807) is 12.1 Å². The molecule has 1 heterocycles. The van der Waals surface area contributed by atoms with E-state index in [0.29, 0.717) is 16.3 Å². The van der Waals surface area contributed by atoms with Gasteiger partial charge in [0.1, 0.15) is 11.2 Å². The quantitative estimate of drug-likeness (QED) is 0.175. The molecule has 1 aromatic heterocycles. The van der Waals surface area contributed by atoms with Crippen molar-refractivity contribution in [3.05, 3.63) is 182 Å². The Morgan fingerprint density at radius 2 is 0.959 bits per heavy atom. The Morgan fingerprint density at radius 1 is 0.347 bits per heavy atom. The highest BCUT2D eigenvalue weighted by molar-refractivity contribution is 6.24. The molecule has 0 saturated carbocycles. The van der Waals surface area contributed by atoms with Crippen LogP contribution in [0, 0.1) is 0 Å². The number of rotatable bonds is 4. The van der Waals surface area contributed by atoms with Crippen molar-refractivity contribution >= 4 is 54.3 Å². The van der Waals surface area contributed by atoms with Crippen LogP contribution in [0.25, 0.3) is 98.8 Å². The average molecular weight is 640 g/mol. The van der Waals surface area contributed by atoms with Crippen molar-refractivity contribution < 1.29 is 27.7 Å². The van der Waals surface area contributed by atoms with E-state index in [1.807, 2.05) is 66.7 Å². The Bertz CT molecular complexity index is 3760. The molecule has 1 heteroatoms. The van der Waals surface area contributed by atoms with Crippen LogP contribution in [0.15, 0.2) is 186 Å². The molecule has 10 rings (SSSR count). The second-order valence-electron chi connectivity index (χ2n) is 11.5. The molecular formula is C48H30O. The van der Waals surface area contributed by atoms with Crippen LogP contribution in [0.1, 0.15) is 23.3 Å². The molecule has 49 heavy (non-hydrogen) atoms. The van der Waals surface area contributed by atoms with E-state index in [0.717, 1.165) is 21.9 Å². The van der Waals surface area contributed by atoms with E-state index >= 15 is 0 Å². The molecule has 9 aromatic carbocycles. The maximum atomic E-state index is 9.86. The van der Waals surface area contributed by atoms with Gasteiger partial charge >= 0.3 is 0 Å². The molecule has 0 aliphatic heterocycles. The van der Waals surface area contributed by atoms with E-state index in [1.165, 1.54) is 0 Å². The van der Waals surface area contributed by atoms with Gasteiger partial charge in [-0.3, -0.25) is 0 Å². The molecule has 0 fully saturated rings. The zero-order chi connectivity index (χ0) is 47.1. The lowest BCUT2D eigenvalue weighted by molar-refractivity contribution is 0.669. The van der Waals surface area contributed by atoms with E-state index in [-0.39, 0.29) is 27.1 Å². The van der Waals surface area contributed by atoms with E-state index < -0.39 is 136 Å². The van der Waals surface area contributed by atoms with E-state index in [4.69, 9.17) is 18.1 Å². The fraction of sp³-hybridized carbons (Fsp3) is 0. The Balaban J connectivity index is 1.41. The molecule has 0 N–H and O–H groups in total. The van der Waals surface area contributed by atoms with Gasteiger partial charge in [0.05, 0.1) is 23.3 Å². The number of benzene rings is 9. The molecule has 0 aliphatic carbocycles. The van der Waals surface area contributed by atoms with Gasteiger partial charge in [-0.1, -0.05) is 163 Å². The third-order valence-corrected chi connectivity index (χ3v) is 8.82. The molecule has 0 atom stereocenters. The summed E-state index contributed by atoms with van der Waals surface area (Å²) in [4.78, 5) is 0. The topological polar surface area (TPSA) is 13.1 Å². The standard InChI is InChI=1S/C48H30O/c1-3-14-31(15-4-1)35-24-13-25-45-48(35)43-30-33(26-29-44(43)49-45)34-27-28-42(37-19-8-7-18-36(34)37)47-40-22-11-9-20-38(40)46(32-16-5-2-6-17-32)39-21-10-12-23-41(39)47/h1-30H/i1D,3D,4D,7D,8D,13D,14D,15D,18D,19D,24D,25D,26D,27D,28D,29D,30D. The highest BCUT2D eigenvalue weighted by atomic mass is 16.3. The Kier molecular flexibility index (Phi) is 3.54. The first-order chi connectivity index (χ1) is 31.4. The molecule has 0 aliphatic rings.